The Bertz CT molecular complexity index is 363. The fourth-order valence-electron chi connectivity index (χ4n) is 2.45. The lowest BCUT2D eigenvalue weighted by Crippen LogP contribution is -2.44. The maximum atomic E-state index is 12.2. The van der Waals surface area contributed by atoms with E-state index >= 15 is 0 Å². The van der Waals surface area contributed by atoms with Crippen molar-refractivity contribution in [2.45, 2.75) is 44.9 Å². The van der Waals surface area contributed by atoms with Gasteiger partial charge in [-0.15, -0.1) is 0 Å². The summed E-state index contributed by atoms with van der Waals surface area (Å²) in [5.74, 6) is -1.11. The summed E-state index contributed by atoms with van der Waals surface area (Å²) < 4.78 is 5.47. The number of unbranched alkanes of at least 4 members (excludes halogenated alkanes) is 1. The molecule has 1 rings (SSSR count). The second-order valence-electron chi connectivity index (χ2n) is 5.55. The number of likely N-dealkylation sites (tertiary alicyclic amines) is 1. The van der Waals surface area contributed by atoms with Gasteiger partial charge in [0.1, 0.15) is 6.10 Å². The Morgan fingerprint density at radius 1 is 1.43 bits per heavy atom. The molecule has 1 aliphatic rings. The first-order valence-corrected chi connectivity index (χ1v) is 7.37. The van der Waals surface area contributed by atoms with Crippen LogP contribution >= 0.6 is 0 Å². The Morgan fingerprint density at radius 2 is 2.10 bits per heavy atom. The first-order valence-electron chi connectivity index (χ1n) is 7.37. The zero-order valence-electron chi connectivity index (χ0n) is 13.0. The van der Waals surface area contributed by atoms with Crippen molar-refractivity contribution >= 4 is 11.9 Å². The van der Waals surface area contributed by atoms with Crippen molar-refractivity contribution in [3.63, 3.8) is 0 Å². The molecule has 7 nitrogen and oxygen atoms in total. The van der Waals surface area contributed by atoms with Crippen LogP contribution in [0.5, 0.6) is 0 Å². The smallest absolute Gasteiger partial charge is 0.317 e. The minimum Gasteiger partial charge on any atom is -0.480 e. The Morgan fingerprint density at radius 3 is 2.67 bits per heavy atom. The fourth-order valence-corrected chi connectivity index (χ4v) is 2.45. The summed E-state index contributed by atoms with van der Waals surface area (Å²) in [6.45, 7) is 4.68. The summed E-state index contributed by atoms with van der Waals surface area (Å²) in [6.07, 6.45) is 0.642. The van der Waals surface area contributed by atoms with Gasteiger partial charge in [0.25, 0.3) is 5.91 Å². The largest absolute Gasteiger partial charge is 0.480 e. The molecule has 1 aliphatic heterocycles. The van der Waals surface area contributed by atoms with Crippen LogP contribution in [-0.4, -0.2) is 83.4 Å². The Kier molecular flexibility index (Phi) is 7.07. The van der Waals surface area contributed by atoms with E-state index in [0.29, 0.717) is 13.2 Å². The second-order valence-corrected chi connectivity index (χ2v) is 5.55. The summed E-state index contributed by atoms with van der Waals surface area (Å²) in [5, 5.41) is 18.8. The second kappa shape index (κ2) is 8.31. The topological polar surface area (TPSA) is 90.3 Å². The third kappa shape index (κ3) is 5.26. The summed E-state index contributed by atoms with van der Waals surface area (Å²) in [4.78, 5) is 26.1. The van der Waals surface area contributed by atoms with E-state index in [9.17, 15) is 14.7 Å². The molecule has 0 aromatic rings. The quantitative estimate of drug-likeness (QED) is 0.603. The van der Waals surface area contributed by atoms with Gasteiger partial charge in [0.15, 0.2) is 0 Å². The van der Waals surface area contributed by atoms with Crippen molar-refractivity contribution < 1.29 is 24.5 Å². The molecule has 1 heterocycles. The third-order valence-electron chi connectivity index (χ3n) is 3.74. The van der Waals surface area contributed by atoms with E-state index in [2.05, 4.69) is 6.92 Å². The van der Waals surface area contributed by atoms with Gasteiger partial charge in [0.2, 0.25) is 0 Å². The molecule has 122 valence electrons. The number of β-amino-alcohol motifs (C(OH)–C–C–N with tert-alkyl or cyclic N) is 1. The highest BCUT2D eigenvalue weighted by atomic mass is 16.5. The summed E-state index contributed by atoms with van der Waals surface area (Å²) in [5.41, 5.74) is 0. The van der Waals surface area contributed by atoms with Crippen LogP contribution in [0, 0.1) is 0 Å². The standard InChI is InChI=1S/C14H26N2O5/c1-4-5-6-21-10(2)14(20)16-7-11(12(17)8-16)15(3)9-13(18)19/h10-12,17H,4-9H2,1-3H3,(H,18,19)/t10?,11?,12-/m1/s1. The van der Waals surface area contributed by atoms with Crippen molar-refractivity contribution in [2.75, 3.05) is 33.3 Å². The number of carbonyl (C=O) groups excluding carboxylic acids is 1. The lowest BCUT2D eigenvalue weighted by molar-refractivity contribution is -0.142. The lowest BCUT2D eigenvalue weighted by Gasteiger charge is -2.25. The first kappa shape index (κ1) is 17.9. The normalized spacial score (nSPS) is 23.6. The number of nitrogens with zero attached hydrogens (tertiary/aromatic N) is 2. The van der Waals surface area contributed by atoms with Crippen LogP contribution in [0.15, 0.2) is 0 Å². The maximum Gasteiger partial charge on any atom is 0.317 e. The molecule has 0 aromatic heterocycles. The molecule has 0 aromatic carbocycles. The van der Waals surface area contributed by atoms with Gasteiger partial charge in [-0.1, -0.05) is 13.3 Å². The van der Waals surface area contributed by atoms with Crippen molar-refractivity contribution in [2.24, 2.45) is 0 Å². The molecule has 0 radical (unpaired) electrons. The molecule has 1 amide bonds. The number of aliphatic hydroxyl groups is 1. The molecule has 21 heavy (non-hydrogen) atoms. The van der Waals surface area contributed by atoms with Crippen LogP contribution in [0.3, 0.4) is 0 Å². The number of ether oxygens (including phenoxy) is 1. The van der Waals surface area contributed by atoms with Crippen LogP contribution in [0.4, 0.5) is 0 Å². The molecular formula is C14H26N2O5. The van der Waals surface area contributed by atoms with Crippen molar-refractivity contribution in [1.29, 1.82) is 0 Å². The van der Waals surface area contributed by atoms with E-state index in [1.807, 2.05) is 0 Å². The van der Waals surface area contributed by atoms with Crippen LogP contribution in [0.1, 0.15) is 26.7 Å². The highest BCUT2D eigenvalue weighted by Crippen LogP contribution is 2.17. The number of amides is 1. The van der Waals surface area contributed by atoms with Crippen LogP contribution in [-0.2, 0) is 14.3 Å². The molecule has 2 N–H and O–H groups in total. The molecule has 3 atom stereocenters. The van der Waals surface area contributed by atoms with Gasteiger partial charge >= 0.3 is 5.97 Å². The summed E-state index contributed by atoms with van der Waals surface area (Å²) in [6, 6.07) is -0.354. The molecule has 1 saturated heterocycles. The monoisotopic (exact) mass is 302 g/mol. The van der Waals surface area contributed by atoms with E-state index in [1.54, 1.807) is 23.8 Å². The molecule has 0 aliphatic carbocycles. The summed E-state index contributed by atoms with van der Waals surface area (Å²) >= 11 is 0. The molecule has 7 heteroatoms. The highest BCUT2D eigenvalue weighted by Gasteiger charge is 2.38. The maximum absolute atomic E-state index is 12.2. The Hall–Kier alpha value is -1.18. The molecule has 2 unspecified atom stereocenters. The average molecular weight is 302 g/mol. The zero-order valence-corrected chi connectivity index (χ0v) is 13.0. The summed E-state index contributed by atoms with van der Waals surface area (Å²) in [7, 11) is 1.64. The zero-order chi connectivity index (χ0) is 16.0. The van der Waals surface area contributed by atoms with Crippen molar-refractivity contribution in [1.82, 2.24) is 9.80 Å². The number of carbonyl (C=O) groups is 2. The first-order chi connectivity index (χ1) is 9.86. The Balaban J connectivity index is 2.50. The van der Waals surface area contributed by atoms with Gasteiger partial charge in [0, 0.05) is 19.7 Å². The van der Waals surface area contributed by atoms with Gasteiger partial charge in [-0.05, 0) is 20.4 Å². The predicted molar refractivity (Wildman–Crippen MR) is 77.0 cm³/mol. The van der Waals surface area contributed by atoms with Gasteiger partial charge in [-0.2, -0.15) is 0 Å². The minimum atomic E-state index is -0.953. The Labute approximate surface area is 125 Å². The van der Waals surface area contributed by atoms with Gasteiger partial charge < -0.3 is 19.8 Å². The SMILES string of the molecule is CCCCOC(C)C(=O)N1CC(N(C)CC(=O)O)[C@H](O)C1. The number of carboxylic acids is 1. The molecule has 0 spiro atoms. The number of likely N-dealkylation sites (N-methyl/N-ethyl adjacent to an activating group) is 1. The van der Waals surface area contributed by atoms with E-state index < -0.39 is 18.2 Å². The lowest BCUT2D eigenvalue weighted by atomic mass is 10.2. The number of aliphatic carboxylic acids is 1. The average Bonchev–Trinajstić information content (AvgIpc) is 2.79. The number of hydrogen-bond acceptors (Lipinski definition) is 5. The van der Waals surface area contributed by atoms with Gasteiger partial charge in [-0.25, -0.2) is 0 Å². The number of aliphatic hydroxyl groups excluding tert-OH is 1. The van der Waals surface area contributed by atoms with E-state index in [-0.39, 0.29) is 25.0 Å². The van der Waals surface area contributed by atoms with E-state index in [0.717, 1.165) is 12.8 Å². The van der Waals surface area contributed by atoms with E-state index in [1.165, 1.54) is 0 Å². The van der Waals surface area contributed by atoms with Crippen molar-refractivity contribution in [3.8, 4) is 0 Å². The van der Waals surface area contributed by atoms with Gasteiger partial charge in [-0.3, -0.25) is 14.5 Å². The predicted octanol–water partition coefficient (Wildman–Crippen LogP) is -0.220. The minimum absolute atomic E-state index is 0.156. The number of carboxylic acid groups (broad SMARTS) is 1. The third-order valence-corrected chi connectivity index (χ3v) is 3.74. The van der Waals surface area contributed by atoms with Crippen molar-refractivity contribution in [3.05, 3.63) is 0 Å². The molecular weight excluding hydrogens is 276 g/mol. The fraction of sp³-hybridized carbons (Fsp3) is 0.857. The molecule has 1 fully saturated rings. The number of rotatable bonds is 8. The molecule has 0 saturated carbocycles. The van der Waals surface area contributed by atoms with Gasteiger partial charge in [0.05, 0.1) is 18.7 Å². The van der Waals surface area contributed by atoms with Crippen LogP contribution < -0.4 is 0 Å². The van der Waals surface area contributed by atoms with Crippen LogP contribution in [0.2, 0.25) is 0 Å². The van der Waals surface area contributed by atoms with E-state index in [4.69, 9.17) is 9.84 Å². The highest BCUT2D eigenvalue weighted by molar-refractivity contribution is 5.81. The van der Waals surface area contributed by atoms with Crippen LogP contribution in [0.25, 0.3) is 0 Å². The number of hydrogen-bond donors (Lipinski definition) is 2. The molecule has 0 bridgehead atoms.